The Bertz CT molecular complexity index is 157. The van der Waals surface area contributed by atoms with Gasteiger partial charge in [-0.05, 0) is 25.8 Å². The van der Waals surface area contributed by atoms with Crippen molar-refractivity contribution in [3.05, 3.63) is 0 Å². The summed E-state index contributed by atoms with van der Waals surface area (Å²) in [5.41, 5.74) is 0. The third-order valence-electron chi connectivity index (χ3n) is 3.36. The van der Waals surface area contributed by atoms with E-state index in [1.54, 1.807) is 0 Å². The molecule has 0 aliphatic carbocycles. The first-order valence-corrected chi connectivity index (χ1v) is 5.49. The molecule has 2 saturated heterocycles. The Morgan fingerprint density at radius 1 is 1.31 bits per heavy atom. The summed E-state index contributed by atoms with van der Waals surface area (Å²) in [7, 11) is 0. The SMILES string of the molecule is OCCC1CCCCN1C1CNC1. The lowest BCUT2D eigenvalue weighted by molar-refractivity contribution is 0.0511. The van der Waals surface area contributed by atoms with Crippen LogP contribution in [0.3, 0.4) is 0 Å². The molecule has 0 aromatic carbocycles. The Morgan fingerprint density at radius 2 is 2.15 bits per heavy atom. The van der Waals surface area contributed by atoms with Crippen LogP contribution in [0, 0.1) is 0 Å². The third-order valence-corrected chi connectivity index (χ3v) is 3.36. The van der Waals surface area contributed by atoms with Gasteiger partial charge in [-0.2, -0.15) is 0 Å². The summed E-state index contributed by atoms with van der Waals surface area (Å²) in [6.45, 7) is 3.90. The fraction of sp³-hybridized carbons (Fsp3) is 1.00. The van der Waals surface area contributed by atoms with E-state index in [4.69, 9.17) is 5.11 Å². The van der Waals surface area contributed by atoms with Gasteiger partial charge in [0.15, 0.2) is 0 Å². The van der Waals surface area contributed by atoms with Crippen LogP contribution in [0.25, 0.3) is 0 Å². The van der Waals surface area contributed by atoms with Gasteiger partial charge in [-0.1, -0.05) is 6.42 Å². The van der Waals surface area contributed by atoms with Crippen molar-refractivity contribution < 1.29 is 5.11 Å². The molecule has 3 nitrogen and oxygen atoms in total. The maximum atomic E-state index is 8.97. The van der Waals surface area contributed by atoms with E-state index in [1.165, 1.54) is 25.8 Å². The van der Waals surface area contributed by atoms with Crippen molar-refractivity contribution in [2.45, 2.75) is 37.8 Å². The van der Waals surface area contributed by atoms with Crippen LogP contribution < -0.4 is 5.32 Å². The maximum absolute atomic E-state index is 8.97. The van der Waals surface area contributed by atoms with E-state index in [0.717, 1.165) is 25.6 Å². The second-order valence-electron chi connectivity index (χ2n) is 4.21. The van der Waals surface area contributed by atoms with Crippen LogP contribution in [0.2, 0.25) is 0 Å². The molecule has 0 radical (unpaired) electrons. The van der Waals surface area contributed by atoms with Gasteiger partial charge in [-0.3, -0.25) is 4.90 Å². The van der Waals surface area contributed by atoms with Crippen molar-refractivity contribution in [1.29, 1.82) is 0 Å². The molecule has 2 heterocycles. The van der Waals surface area contributed by atoms with Gasteiger partial charge in [-0.25, -0.2) is 0 Å². The second kappa shape index (κ2) is 4.40. The number of aliphatic hydroxyl groups excluding tert-OH is 1. The van der Waals surface area contributed by atoms with Gasteiger partial charge in [0.05, 0.1) is 0 Å². The molecular weight excluding hydrogens is 164 g/mol. The summed E-state index contributed by atoms with van der Waals surface area (Å²) in [5.74, 6) is 0. The number of hydrogen-bond donors (Lipinski definition) is 2. The van der Waals surface area contributed by atoms with Crippen LogP contribution in [0.5, 0.6) is 0 Å². The first kappa shape index (κ1) is 9.44. The van der Waals surface area contributed by atoms with Crippen LogP contribution in [-0.4, -0.2) is 48.3 Å². The molecule has 2 N–H and O–H groups in total. The molecule has 0 bridgehead atoms. The molecule has 76 valence electrons. The molecule has 0 aromatic heterocycles. The first-order valence-electron chi connectivity index (χ1n) is 5.49. The average molecular weight is 184 g/mol. The van der Waals surface area contributed by atoms with Crippen molar-refractivity contribution >= 4 is 0 Å². The quantitative estimate of drug-likeness (QED) is 0.657. The Kier molecular flexibility index (Phi) is 3.19. The van der Waals surface area contributed by atoms with Gasteiger partial charge in [0, 0.05) is 31.8 Å². The maximum Gasteiger partial charge on any atom is 0.0445 e. The van der Waals surface area contributed by atoms with E-state index in [0.29, 0.717) is 12.6 Å². The normalized spacial score (nSPS) is 31.6. The van der Waals surface area contributed by atoms with Crippen LogP contribution in [0.15, 0.2) is 0 Å². The topological polar surface area (TPSA) is 35.5 Å². The van der Waals surface area contributed by atoms with Crippen LogP contribution in [0.1, 0.15) is 25.7 Å². The number of likely N-dealkylation sites (tertiary alicyclic amines) is 1. The van der Waals surface area contributed by atoms with Crippen LogP contribution in [0.4, 0.5) is 0 Å². The number of nitrogens with zero attached hydrogens (tertiary/aromatic N) is 1. The minimum atomic E-state index is 0.349. The molecule has 2 aliphatic heterocycles. The molecule has 0 aromatic rings. The molecule has 0 amide bonds. The zero-order valence-corrected chi connectivity index (χ0v) is 8.21. The fourth-order valence-corrected chi connectivity index (χ4v) is 2.47. The summed E-state index contributed by atoms with van der Waals surface area (Å²) < 4.78 is 0. The molecule has 2 rings (SSSR count). The highest BCUT2D eigenvalue weighted by atomic mass is 16.3. The van der Waals surface area contributed by atoms with Gasteiger partial charge < -0.3 is 10.4 Å². The molecule has 13 heavy (non-hydrogen) atoms. The standard InChI is InChI=1S/C10H20N2O/c13-6-4-9-3-1-2-5-12(9)10-7-11-8-10/h9-11,13H,1-8H2. The summed E-state index contributed by atoms with van der Waals surface area (Å²) in [4.78, 5) is 2.61. The molecular formula is C10H20N2O. The number of aliphatic hydroxyl groups is 1. The van der Waals surface area contributed by atoms with E-state index in [-0.39, 0.29) is 0 Å². The fourth-order valence-electron chi connectivity index (χ4n) is 2.47. The minimum Gasteiger partial charge on any atom is -0.396 e. The lowest BCUT2D eigenvalue weighted by atomic mass is 9.96. The smallest absolute Gasteiger partial charge is 0.0445 e. The predicted octanol–water partition coefficient (Wildman–Crippen LogP) is 0.195. The predicted molar refractivity (Wildman–Crippen MR) is 52.7 cm³/mol. The lowest BCUT2D eigenvalue weighted by Gasteiger charge is -2.45. The highest BCUT2D eigenvalue weighted by Crippen LogP contribution is 2.23. The number of rotatable bonds is 3. The highest BCUT2D eigenvalue weighted by molar-refractivity contribution is 4.90. The van der Waals surface area contributed by atoms with Gasteiger partial charge in [0.1, 0.15) is 0 Å². The Labute approximate surface area is 80.1 Å². The largest absolute Gasteiger partial charge is 0.396 e. The van der Waals surface area contributed by atoms with Crippen molar-refractivity contribution in [2.24, 2.45) is 0 Å². The highest BCUT2D eigenvalue weighted by Gasteiger charge is 2.31. The molecule has 1 unspecified atom stereocenters. The van der Waals surface area contributed by atoms with Crippen LogP contribution in [-0.2, 0) is 0 Å². The van der Waals surface area contributed by atoms with Crippen molar-refractivity contribution in [2.75, 3.05) is 26.2 Å². The minimum absolute atomic E-state index is 0.349. The third kappa shape index (κ3) is 2.03. The van der Waals surface area contributed by atoms with E-state index < -0.39 is 0 Å². The zero-order valence-electron chi connectivity index (χ0n) is 8.21. The monoisotopic (exact) mass is 184 g/mol. The van der Waals surface area contributed by atoms with Gasteiger partial charge in [0.2, 0.25) is 0 Å². The number of hydrogen-bond acceptors (Lipinski definition) is 3. The summed E-state index contributed by atoms with van der Waals surface area (Å²) >= 11 is 0. The first-order chi connectivity index (χ1) is 6.42. The van der Waals surface area contributed by atoms with Crippen molar-refractivity contribution in [3.8, 4) is 0 Å². The molecule has 3 heteroatoms. The molecule has 1 atom stereocenters. The van der Waals surface area contributed by atoms with Gasteiger partial charge in [0.25, 0.3) is 0 Å². The zero-order chi connectivity index (χ0) is 9.10. The van der Waals surface area contributed by atoms with Gasteiger partial charge in [-0.15, -0.1) is 0 Å². The Hall–Kier alpha value is -0.120. The van der Waals surface area contributed by atoms with Gasteiger partial charge >= 0.3 is 0 Å². The van der Waals surface area contributed by atoms with E-state index in [9.17, 15) is 0 Å². The van der Waals surface area contributed by atoms with Crippen molar-refractivity contribution in [1.82, 2.24) is 10.2 Å². The summed E-state index contributed by atoms with van der Waals surface area (Å²) in [6, 6.07) is 1.42. The van der Waals surface area contributed by atoms with E-state index in [1.807, 2.05) is 0 Å². The van der Waals surface area contributed by atoms with Crippen LogP contribution >= 0.6 is 0 Å². The molecule has 0 spiro atoms. The average Bonchev–Trinajstić information content (AvgIpc) is 2.05. The summed E-state index contributed by atoms with van der Waals surface area (Å²) in [6.07, 6.45) is 4.95. The number of nitrogens with one attached hydrogen (secondary N) is 1. The molecule has 0 saturated carbocycles. The van der Waals surface area contributed by atoms with E-state index >= 15 is 0 Å². The summed E-state index contributed by atoms with van der Waals surface area (Å²) in [5, 5.41) is 12.3. The van der Waals surface area contributed by atoms with E-state index in [2.05, 4.69) is 10.2 Å². The Balaban J connectivity index is 1.87. The number of piperidine rings is 1. The Morgan fingerprint density at radius 3 is 2.77 bits per heavy atom. The second-order valence-corrected chi connectivity index (χ2v) is 4.21. The lowest BCUT2D eigenvalue weighted by Crippen LogP contribution is -2.61. The molecule has 2 aliphatic rings. The molecule has 2 fully saturated rings. The van der Waals surface area contributed by atoms with Crippen molar-refractivity contribution in [3.63, 3.8) is 0 Å².